The molecule has 0 aromatic heterocycles. The number of carbonyl (C=O) groups is 2. The van der Waals surface area contributed by atoms with Gasteiger partial charge >= 0.3 is 0 Å². The van der Waals surface area contributed by atoms with Gasteiger partial charge < -0.3 is 10.2 Å². The van der Waals surface area contributed by atoms with Crippen molar-refractivity contribution < 1.29 is 19.8 Å². The Morgan fingerprint density at radius 3 is 2.40 bits per heavy atom. The Kier molecular flexibility index (Phi) is 2.61. The molecule has 0 aliphatic heterocycles. The maximum atomic E-state index is 12.5. The van der Waals surface area contributed by atoms with Gasteiger partial charge in [-0.25, -0.2) is 0 Å². The van der Waals surface area contributed by atoms with Crippen LogP contribution in [-0.2, 0) is 0 Å². The summed E-state index contributed by atoms with van der Waals surface area (Å²) in [5.74, 6) is -2.07. The smallest absolute Gasteiger partial charge is 0.194 e. The van der Waals surface area contributed by atoms with Crippen molar-refractivity contribution in [1.29, 1.82) is 0 Å². The molecule has 1 aromatic rings. The Hall–Kier alpha value is -2.62. The predicted octanol–water partition coefficient (Wildman–Crippen LogP) is 2.54. The summed E-state index contributed by atoms with van der Waals surface area (Å²) in [4.78, 5) is 25.0. The number of hydrogen-bond acceptors (Lipinski definition) is 4. The second-order valence-corrected chi connectivity index (χ2v) is 4.92. The van der Waals surface area contributed by atoms with Gasteiger partial charge in [0.05, 0.1) is 17.0 Å². The average Bonchev–Trinajstić information content (AvgIpc) is 2.60. The van der Waals surface area contributed by atoms with Crippen LogP contribution in [0.25, 0.3) is 0 Å². The Balaban J connectivity index is 2.32. The monoisotopic (exact) mass is 268 g/mol. The average molecular weight is 268 g/mol. The van der Waals surface area contributed by atoms with E-state index >= 15 is 0 Å². The van der Waals surface area contributed by atoms with Crippen LogP contribution in [-0.4, -0.2) is 21.8 Å². The van der Waals surface area contributed by atoms with Crippen LogP contribution >= 0.6 is 0 Å². The molecule has 1 atom stereocenters. The lowest BCUT2D eigenvalue weighted by Crippen LogP contribution is -2.28. The molecule has 0 saturated carbocycles. The van der Waals surface area contributed by atoms with E-state index in [2.05, 4.69) is 0 Å². The normalized spacial score (nSPS) is 20.8. The van der Waals surface area contributed by atoms with Crippen LogP contribution in [0.4, 0.5) is 0 Å². The zero-order chi connectivity index (χ0) is 14.4. The number of aromatic hydroxyl groups is 2. The number of phenols is 2. The van der Waals surface area contributed by atoms with Crippen LogP contribution in [0.15, 0.2) is 47.6 Å². The molecular formula is C16H12O4. The van der Waals surface area contributed by atoms with E-state index in [-0.39, 0.29) is 28.4 Å². The number of carbonyl (C=O) groups excluding carboxylic acids is 2. The number of ketones is 2. The van der Waals surface area contributed by atoms with Crippen LogP contribution in [0.5, 0.6) is 11.5 Å². The lowest BCUT2D eigenvalue weighted by atomic mass is 9.77. The fourth-order valence-electron chi connectivity index (χ4n) is 2.60. The van der Waals surface area contributed by atoms with Crippen LogP contribution in [0, 0.1) is 5.92 Å². The summed E-state index contributed by atoms with van der Waals surface area (Å²) in [5, 5.41) is 19.7. The molecule has 0 amide bonds. The minimum Gasteiger partial charge on any atom is -0.507 e. The number of rotatable bonds is 0. The van der Waals surface area contributed by atoms with Crippen LogP contribution in [0.2, 0.25) is 0 Å². The zero-order valence-electron chi connectivity index (χ0n) is 10.8. The topological polar surface area (TPSA) is 74.6 Å². The van der Waals surface area contributed by atoms with E-state index in [0.29, 0.717) is 5.57 Å². The molecular weight excluding hydrogens is 256 g/mol. The summed E-state index contributed by atoms with van der Waals surface area (Å²) >= 11 is 0. The second-order valence-electron chi connectivity index (χ2n) is 4.92. The molecule has 4 heteroatoms. The molecule has 4 nitrogen and oxygen atoms in total. The molecule has 1 unspecified atom stereocenters. The summed E-state index contributed by atoms with van der Waals surface area (Å²) < 4.78 is 0. The third-order valence-corrected chi connectivity index (χ3v) is 3.56. The van der Waals surface area contributed by atoms with Gasteiger partial charge in [0.25, 0.3) is 0 Å². The van der Waals surface area contributed by atoms with Gasteiger partial charge in [-0.3, -0.25) is 9.59 Å². The van der Waals surface area contributed by atoms with E-state index in [4.69, 9.17) is 0 Å². The second kappa shape index (κ2) is 4.20. The standard InChI is InChI=1S/C16H12O4/c1-8-3-2-4-9-10(7-8)16(20)14-12(18)6-5-11(17)13(14)15(9)19/h2-7,9,17-18H,1H3. The Morgan fingerprint density at radius 2 is 1.70 bits per heavy atom. The van der Waals surface area contributed by atoms with Crippen molar-refractivity contribution in [2.24, 2.45) is 5.92 Å². The molecule has 0 bridgehead atoms. The molecule has 2 N–H and O–H groups in total. The van der Waals surface area contributed by atoms with E-state index in [1.807, 2.05) is 6.92 Å². The first kappa shape index (κ1) is 12.4. The number of benzene rings is 1. The Labute approximate surface area is 115 Å². The van der Waals surface area contributed by atoms with E-state index in [1.54, 1.807) is 24.3 Å². The van der Waals surface area contributed by atoms with Gasteiger partial charge in [0.15, 0.2) is 11.6 Å². The number of fused-ring (bicyclic) bond motifs is 2. The van der Waals surface area contributed by atoms with Crippen molar-refractivity contribution in [3.8, 4) is 11.5 Å². The van der Waals surface area contributed by atoms with E-state index in [0.717, 1.165) is 5.57 Å². The van der Waals surface area contributed by atoms with E-state index < -0.39 is 11.7 Å². The van der Waals surface area contributed by atoms with Gasteiger partial charge in [-0.2, -0.15) is 0 Å². The highest BCUT2D eigenvalue weighted by molar-refractivity contribution is 6.26. The maximum Gasteiger partial charge on any atom is 0.194 e. The minimum absolute atomic E-state index is 0.0960. The maximum absolute atomic E-state index is 12.5. The van der Waals surface area contributed by atoms with Crippen LogP contribution in [0.1, 0.15) is 27.6 Å². The molecule has 3 rings (SSSR count). The van der Waals surface area contributed by atoms with Crippen molar-refractivity contribution in [3.63, 3.8) is 0 Å². The van der Waals surface area contributed by atoms with Crippen LogP contribution in [0.3, 0.4) is 0 Å². The van der Waals surface area contributed by atoms with Crippen molar-refractivity contribution in [2.75, 3.05) is 0 Å². The lowest BCUT2D eigenvalue weighted by Gasteiger charge is -2.24. The number of Topliss-reactive ketones (excluding diaryl/α,β-unsaturated/α-hetero) is 2. The van der Waals surface area contributed by atoms with Crippen molar-refractivity contribution in [2.45, 2.75) is 6.92 Å². The molecule has 0 heterocycles. The number of phenolic OH excluding ortho intramolecular Hbond substituents is 2. The molecule has 0 saturated heterocycles. The first-order chi connectivity index (χ1) is 9.50. The molecule has 0 radical (unpaired) electrons. The van der Waals surface area contributed by atoms with Crippen molar-refractivity contribution >= 4 is 11.6 Å². The number of hydrogen-bond donors (Lipinski definition) is 2. The van der Waals surface area contributed by atoms with Crippen LogP contribution < -0.4 is 0 Å². The van der Waals surface area contributed by atoms with E-state index in [9.17, 15) is 19.8 Å². The molecule has 100 valence electrons. The highest BCUT2D eigenvalue weighted by atomic mass is 16.3. The van der Waals surface area contributed by atoms with Gasteiger partial charge in [-0.15, -0.1) is 0 Å². The predicted molar refractivity (Wildman–Crippen MR) is 72.9 cm³/mol. The lowest BCUT2D eigenvalue weighted by molar-refractivity contribution is 0.0899. The van der Waals surface area contributed by atoms with Gasteiger partial charge in [-0.1, -0.05) is 29.9 Å². The molecule has 20 heavy (non-hydrogen) atoms. The minimum atomic E-state index is -0.712. The molecule has 2 aliphatic carbocycles. The summed E-state index contributed by atoms with van der Waals surface area (Å²) in [5.41, 5.74) is 0.968. The zero-order valence-corrected chi connectivity index (χ0v) is 10.8. The summed E-state index contributed by atoms with van der Waals surface area (Å²) in [6.07, 6.45) is 6.81. The summed E-state index contributed by atoms with van der Waals surface area (Å²) in [7, 11) is 0. The molecule has 2 aliphatic rings. The largest absolute Gasteiger partial charge is 0.507 e. The highest BCUT2D eigenvalue weighted by Gasteiger charge is 2.39. The van der Waals surface area contributed by atoms with Gasteiger partial charge in [0.1, 0.15) is 11.5 Å². The molecule has 1 aromatic carbocycles. The van der Waals surface area contributed by atoms with Gasteiger partial charge in [-0.05, 0) is 19.1 Å². The quantitative estimate of drug-likeness (QED) is 0.709. The first-order valence-corrected chi connectivity index (χ1v) is 6.21. The summed E-state index contributed by atoms with van der Waals surface area (Å²) in [6, 6.07) is 2.44. The third-order valence-electron chi connectivity index (χ3n) is 3.56. The third kappa shape index (κ3) is 1.61. The fourth-order valence-corrected chi connectivity index (χ4v) is 2.60. The Bertz CT molecular complexity index is 735. The Morgan fingerprint density at radius 1 is 1.05 bits per heavy atom. The van der Waals surface area contributed by atoms with Gasteiger partial charge in [0, 0.05) is 5.57 Å². The number of allylic oxidation sites excluding steroid dienone is 6. The summed E-state index contributed by atoms with van der Waals surface area (Å²) in [6.45, 7) is 1.83. The van der Waals surface area contributed by atoms with Crippen molar-refractivity contribution in [1.82, 2.24) is 0 Å². The first-order valence-electron chi connectivity index (χ1n) is 6.21. The SMILES string of the molecule is CC1=CC=CC2C(=O)c3c(O)ccc(O)c3C(=O)C2=C1. The molecule has 0 spiro atoms. The van der Waals surface area contributed by atoms with E-state index in [1.165, 1.54) is 12.1 Å². The van der Waals surface area contributed by atoms with Gasteiger partial charge in [0.2, 0.25) is 0 Å². The molecule has 0 fully saturated rings. The fraction of sp³-hybridized carbons (Fsp3) is 0.125. The van der Waals surface area contributed by atoms with Crippen molar-refractivity contribution in [3.05, 3.63) is 58.7 Å². The highest BCUT2D eigenvalue weighted by Crippen LogP contribution is 2.40.